The highest BCUT2D eigenvalue weighted by molar-refractivity contribution is 6.05. The molecule has 2 rings (SSSR count). The Kier molecular flexibility index (Phi) is 4.83. The van der Waals surface area contributed by atoms with Gasteiger partial charge >= 0.3 is 0 Å². The van der Waals surface area contributed by atoms with Crippen molar-refractivity contribution in [3.8, 4) is 0 Å². The number of ether oxygens (including phenoxy) is 1. The van der Waals surface area contributed by atoms with Gasteiger partial charge in [0, 0.05) is 24.7 Å². The number of nitrogens with zero attached hydrogens (tertiary/aromatic N) is 1. The number of amides is 1. The molecule has 19 heavy (non-hydrogen) atoms. The van der Waals surface area contributed by atoms with Crippen LogP contribution < -0.4 is 11.1 Å². The fourth-order valence-corrected chi connectivity index (χ4v) is 1.80. The van der Waals surface area contributed by atoms with Crippen LogP contribution in [0, 0.1) is 0 Å². The van der Waals surface area contributed by atoms with E-state index in [1.807, 2.05) is 24.3 Å². The van der Waals surface area contributed by atoms with Gasteiger partial charge in [0.15, 0.2) is 0 Å². The summed E-state index contributed by atoms with van der Waals surface area (Å²) in [5, 5.41) is 3.76. The normalized spacial score (nSPS) is 10.6. The van der Waals surface area contributed by atoms with Gasteiger partial charge in [-0.25, -0.2) is 0 Å². The SMILES string of the molecule is NCCOCCNC(=O)c1cccc2cccnc12. The quantitative estimate of drug-likeness (QED) is 0.757. The van der Waals surface area contributed by atoms with E-state index < -0.39 is 0 Å². The van der Waals surface area contributed by atoms with Gasteiger partial charge in [-0.3, -0.25) is 9.78 Å². The van der Waals surface area contributed by atoms with Gasteiger partial charge in [0.05, 0.1) is 24.3 Å². The highest BCUT2D eigenvalue weighted by atomic mass is 16.5. The Balaban J connectivity index is 2.01. The molecule has 0 fully saturated rings. The van der Waals surface area contributed by atoms with Gasteiger partial charge in [-0.05, 0) is 12.1 Å². The Labute approximate surface area is 111 Å². The molecular formula is C14H17N3O2. The smallest absolute Gasteiger partial charge is 0.253 e. The molecule has 1 aromatic heterocycles. The number of pyridine rings is 1. The summed E-state index contributed by atoms with van der Waals surface area (Å²) >= 11 is 0. The fourth-order valence-electron chi connectivity index (χ4n) is 1.80. The van der Waals surface area contributed by atoms with Crippen LogP contribution in [0.1, 0.15) is 10.4 Å². The predicted octanol–water partition coefficient (Wildman–Crippen LogP) is 0.940. The molecule has 0 spiro atoms. The lowest BCUT2D eigenvalue weighted by Crippen LogP contribution is -2.28. The zero-order valence-electron chi connectivity index (χ0n) is 10.6. The van der Waals surface area contributed by atoms with Crippen molar-refractivity contribution in [3.05, 3.63) is 42.1 Å². The van der Waals surface area contributed by atoms with E-state index in [0.717, 1.165) is 5.39 Å². The summed E-state index contributed by atoms with van der Waals surface area (Å²) in [6, 6.07) is 9.34. The summed E-state index contributed by atoms with van der Waals surface area (Å²) in [6.45, 7) is 1.91. The predicted molar refractivity (Wildman–Crippen MR) is 73.9 cm³/mol. The molecule has 2 aromatic rings. The monoisotopic (exact) mass is 259 g/mol. The van der Waals surface area contributed by atoms with Crippen molar-refractivity contribution >= 4 is 16.8 Å². The molecule has 0 atom stereocenters. The summed E-state index contributed by atoms with van der Waals surface area (Å²) in [5.41, 5.74) is 6.60. The third-order valence-corrected chi connectivity index (χ3v) is 2.67. The minimum Gasteiger partial charge on any atom is -0.378 e. The first-order valence-electron chi connectivity index (χ1n) is 6.22. The second-order valence-electron chi connectivity index (χ2n) is 4.04. The number of benzene rings is 1. The van der Waals surface area contributed by atoms with Crippen molar-refractivity contribution < 1.29 is 9.53 Å². The van der Waals surface area contributed by atoms with Crippen LogP contribution in [0.25, 0.3) is 10.9 Å². The third kappa shape index (κ3) is 3.49. The summed E-state index contributed by atoms with van der Waals surface area (Å²) in [6.07, 6.45) is 1.68. The minimum atomic E-state index is -0.138. The van der Waals surface area contributed by atoms with Gasteiger partial charge in [0.2, 0.25) is 0 Å². The van der Waals surface area contributed by atoms with Crippen LogP contribution in [-0.2, 0) is 4.74 Å². The van der Waals surface area contributed by atoms with E-state index in [9.17, 15) is 4.79 Å². The Hall–Kier alpha value is -1.98. The number of carbonyl (C=O) groups excluding carboxylic acids is 1. The first-order chi connectivity index (χ1) is 9.33. The molecule has 5 heteroatoms. The molecule has 0 bridgehead atoms. The van der Waals surface area contributed by atoms with Crippen LogP contribution in [0.4, 0.5) is 0 Å². The number of nitrogens with two attached hydrogens (primary N) is 1. The number of nitrogens with one attached hydrogen (secondary N) is 1. The molecule has 3 N–H and O–H groups in total. The van der Waals surface area contributed by atoms with E-state index in [0.29, 0.717) is 37.4 Å². The van der Waals surface area contributed by atoms with Gasteiger partial charge in [0.1, 0.15) is 0 Å². The first kappa shape index (κ1) is 13.5. The second-order valence-corrected chi connectivity index (χ2v) is 4.04. The van der Waals surface area contributed by atoms with E-state index in [4.69, 9.17) is 10.5 Å². The molecule has 0 radical (unpaired) electrons. The minimum absolute atomic E-state index is 0.138. The van der Waals surface area contributed by atoms with Crippen LogP contribution in [-0.4, -0.2) is 37.2 Å². The van der Waals surface area contributed by atoms with Crippen LogP contribution >= 0.6 is 0 Å². The lowest BCUT2D eigenvalue weighted by atomic mass is 10.1. The van der Waals surface area contributed by atoms with Crippen molar-refractivity contribution in [2.75, 3.05) is 26.3 Å². The molecule has 0 aliphatic rings. The summed E-state index contributed by atoms with van der Waals surface area (Å²) in [7, 11) is 0. The van der Waals surface area contributed by atoms with Crippen LogP contribution in [0.2, 0.25) is 0 Å². The zero-order valence-corrected chi connectivity index (χ0v) is 10.6. The number of hydrogen-bond acceptors (Lipinski definition) is 4. The van der Waals surface area contributed by atoms with Gasteiger partial charge in [-0.2, -0.15) is 0 Å². The maximum atomic E-state index is 12.1. The number of fused-ring (bicyclic) bond motifs is 1. The Morgan fingerprint density at radius 1 is 1.26 bits per heavy atom. The highest BCUT2D eigenvalue weighted by Gasteiger charge is 2.09. The third-order valence-electron chi connectivity index (χ3n) is 2.67. The average Bonchev–Trinajstić information content (AvgIpc) is 2.46. The van der Waals surface area contributed by atoms with Crippen molar-refractivity contribution in [1.82, 2.24) is 10.3 Å². The first-order valence-corrected chi connectivity index (χ1v) is 6.22. The standard InChI is InChI=1S/C14H17N3O2/c15-6-9-19-10-8-17-14(18)12-5-1-3-11-4-2-7-16-13(11)12/h1-5,7H,6,8-10,15H2,(H,17,18). The molecule has 0 saturated heterocycles. The van der Waals surface area contributed by atoms with Gasteiger partial charge in [-0.15, -0.1) is 0 Å². The number of rotatable bonds is 6. The van der Waals surface area contributed by atoms with Crippen molar-refractivity contribution in [3.63, 3.8) is 0 Å². The number of carbonyl (C=O) groups is 1. The van der Waals surface area contributed by atoms with Crippen molar-refractivity contribution in [2.45, 2.75) is 0 Å². The molecule has 0 aliphatic carbocycles. The molecule has 1 aromatic carbocycles. The molecule has 5 nitrogen and oxygen atoms in total. The summed E-state index contributed by atoms with van der Waals surface area (Å²) in [5.74, 6) is -0.138. The van der Waals surface area contributed by atoms with E-state index in [2.05, 4.69) is 10.3 Å². The topological polar surface area (TPSA) is 77.2 Å². The van der Waals surface area contributed by atoms with E-state index in [-0.39, 0.29) is 5.91 Å². The molecular weight excluding hydrogens is 242 g/mol. The molecule has 0 saturated carbocycles. The summed E-state index contributed by atoms with van der Waals surface area (Å²) in [4.78, 5) is 16.3. The number of para-hydroxylation sites is 1. The largest absolute Gasteiger partial charge is 0.378 e. The Morgan fingerprint density at radius 2 is 2.11 bits per heavy atom. The van der Waals surface area contributed by atoms with E-state index in [1.165, 1.54) is 0 Å². The zero-order chi connectivity index (χ0) is 13.5. The van der Waals surface area contributed by atoms with Crippen LogP contribution in [0.5, 0.6) is 0 Å². The molecule has 1 heterocycles. The van der Waals surface area contributed by atoms with Gasteiger partial charge < -0.3 is 15.8 Å². The maximum Gasteiger partial charge on any atom is 0.253 e. The van der Waals surface area contributed by atoms with E-state index in [1.54, 1.807) is 12.3 Å². The average molecular weight is 259 g/mol. The molecule has 0 aliphatic heterocycles. The number of hydrogen-bond donors (Lipinski definition) is 2. The number of aromatic nitrogens is 1. The van der Waals surface area contributed by atoms with Crippen molar-refractivity contribution in [2.24, 2.45) is 5.73 Å². The fraction of sp³-hybridized carbons (Fsp3) is 0.286. The lowest BCUT2D eigenvalue weighted by molar-refractivity contribution is 0.0921. The molecule has 0 unspecified atom stereocenters. The Bertz CT molecular complexity index is 552. The highest BCUT2D eigenvalue weighted by Crippen LogP contribution is 2.15. The second kappa shape index (κ2) is 6.82. The van der Waals surface area contributed by atoms with Crippen molar-refractivity contribution in [1.29, 1.82) is 0 Å². The van der Waals surface area contributed by atoms with Gasteiger partial charge in [-0.1, -0.05) is 18.2 Å². The molecule has 100 valence electrons. The van der Waals surface area contributed by atoms with Crippen LogP contribution in [0.3, 0.4) is 0 Å². The maximum absolute atomic E-state index is 12.1. The van der Waals surface area contributed by atoms with E-state index >= 15 is 0 Å². The lowest BCUT2D eigenvalue weighted by Gasteiger charge is -2.07. The summed E-state index contributed by atoms with van der Waals surface area (Å²) < 4.78 is 5.20. The molecule has 1 amide bonds. The van der Waals surface area contributed by atoms with Gasteiger partial charge in [0.25, 0.3) is 5.91 Å². The Morgan fingerprint density at radius 3 is 2.95 bits per heavy atom. The van der Waals surface area contributed by atoms with Crippen LogP contribution in [0.15, 0.2) is 36.5 Å².